The van der Waals surface area contributed by atoms with Crippen molar-refractivity contribution in [1.29, 1.82) is 0 Å². The highest BCUT2D eigenvalue weighted by molar-refractivity contribution is 6.07. The maximum atomic E-state index is 12.7. The molecule has 154 valence electrons. The molecule has 0 atom stereocenters. The van der Waals surface area contributed by atoms with Crippen LogP contribution in [0.3, 0.4) is 0 Å². The first kappa shape index (κ1) is 19.7. The lowest BCUT2D eigenvalue weighted by atomic mass is 10.0. The fourth-order valence-electron chi connectivity index (χ4n) is 3.89. The van der Waals surface area contributed by atoms with E-state index in [4.69, 9.17) is 4.98 Å². The third kappa shape index (κ3) is 4.86. The second-order valence-electron chi connectivity index (χ2n) is 8.72. The molecule has 1 aliphatic carbocycles. The minimum absolute atomic E-state index is 0.0248. The smallest absolute Gasteiger partial charge is 0.252 e. The topological polar surface area (TPSA) is 74.3 Å². The predicted octanol–water partition coefficient (Wildman–Crippen LogP) is 3.58. The number of para-hydroxylation sites is 1. The number of rotatable bonds is 6. The SMILES string of the molecule is CC(C)CC(=O)N1CCC(Nc2cc(C(=O)NC3CC3)c3ccccc3n2)CC1. The number of amides is 2. The van der Waals surface area contributed by atoms with Crippen LogP contribution >= 0.6 is 0 Å². The van der Waals surface area contributed by atoms with Gasteiger partial charge in [-0.2, -0.15) is 0 Å². The Morgan fingerprint density at radius 1 is 1.10 bits per heavy atom. The Morgan fingerprint density at radius 2 is 1.83 bits per heavy atom. The van der Waals surface area contributed by atoms with Crippen LogP contribution in [-0.4, -0.2) is 46.9 Å². The molecule has 29 heavy (non-hydrogen) atoms. The minimum atomic E-state index is -0.0248. The molecule has 1 aromatic heterocycles. The van der Waals surface area contributed by atoms with Crippen LogP contribution in [0.4, 0.5) is 5.82 Å². The van der Waals surface area contributed by atoms with Gasteiger partial charge in [0, 0.05) is 37.0 Å². The quantitative estimate of drug-likeness (QED) is 0.785. The molecule has 1 saturated carbocycles. The van der Waals surface area contributed by atoms with Gasteiger partial charge in [-0.3, -0.25) is 9.59 Å². The number of benzene rings is 1. The normalized spacial score (nSPS) is 17.6. The zero-order valence-corrected chi connectivity index (χ0v) is 17.3. The molecule has 1 aliphatic heterocycles. The van der Waals surface area contributed by atoms with E-state index in [1.807, 2.05) is 35.2 Å². The first-order valence-corrected chi connectivity index (χ1v) is 10.7. The second kappa shape index (κ2) is 8.39. The molecule has 4 rings (SSSR count). The number of aromatic nitrogens is 1. The summed E-state index contributed by atoms with van der Waals surface area (Å²) in [5, 5.41) is 7.48. The molecule has 6 heteroatoms. The van der Waals surface area contributed by atoms with Crippen molar-refractivity contribution in [3.8, 4) is 0 Å². The lowest BCUT2D eigenvalue weighted by molar-refractivity contribution is -0.132. The number of anilines is 1. The molecule has 0 bridgehead atoms. The standard InChI is InChI=1S/C23H30N4O2/c1-15(2)13-22(28)27-11-9-17(10-12-27)24-21-14-19(23(29)25-16-7-8-16)18-5-3-4-6-20(18)26-21/h3-6,14-17H,7-13H2,1-2H3,(H,24,26)(H,25,29). The summed E-state index contributed by atoms with van der Waals surface area (Å²) in [6, 6.07) is 10.2. The lowest BCUT2D eigenvalue weighted by Gasteiger charge is -2.33. The number of likely N-dealkylation sites (tertiary alicyclic amines) is 1. The van der Waals surface area contributed by atoms with E-state index in [0.717, 1.165) is 55.5 Å². The molecular formula is C23H30N4O2. The first-order chi connectivity index (χ1) is 14.0. The summed E-state index contributed by atoms with van der Waals surface area (Å²) in [4.78, 5) is 31.7. The van der Waals surface area contributed by atoms with Crippen LogP contribution in [0.1, 0.15) is 56.3 Å². The summed E-state index contributed by atoms with van der Waals surface area (Å²) >= 11 is 0. The van der Waals surface area contributed by atoms with Gasteiger partial charge in [0.25, 0.3) is 5.91 Å². The predicted molar refractivity (Wildman–Crippen MR) is 115 cm³/mol. The Labute approximate surface area is 172 Å². The van der Waals surface area contributed by atoms with E-state index in [9.17, 15) is 9.59 Å². The van der Waals surface area contributed by atoms with Crippen LogP contribution in [0.25, 0.3) is 10.9 Å². The van der Waals surface area contributed by atoms with Crippen LogP contribution in [0.15, 0.2) is 30.3 Å². The van der Waals surface area contributed by atoms with Gasteiger partial charge in [-0.15, -0.1) is 0 Å². The van der Waals surface area contributed by atoms with E-state index >= 15 is 0 Å². The first-order valence-electron chi connectivity index (χ1n) is 10.7. The van der Waals surface area contributed by atoms with Crippen molar-refractivity contribution < 1.29 is 9.59 Å². The van der Waals surface area contributed by atoms with E-state index in [1.54, 1.807) is 0 Å². The maximum absolute atomic E-state index is 12.7. The summed E-state index contributed by atoms with van der Waals surface area (Å²) in [6.45, 7) is 5.70. The van der Waals surface area contributed by atoms with Crippen LogP contribution in [0, 0.1) is 5.92 Å². The van der Waals surface area contributed by atoms with E-state index < -0.39 is 0 Å². The van der Waals surface area contributed by atoms with E-state index in [2.05, 4.69) is 24.5 Å². The van der Waals surface area contributed by atoms with Crippen LogP contribution in [-0.2, 0) is 4.79 Å². The number of hydrogen-bond acceptors (Lipinski definition) is 4. The van der Waals surface area contributed by atoms with Crippen molar-refractivity contribution in [2.75, 3.05) is 18.4 Å². The number of hydrogen-bond donors (Lipinski definition) is 2. The van der Waals surface area contributed by atoms with Gasteiger partial charge in [0.2, 0.25) is 5.91 Å². The van der Waals surface area contributed by atoms with E-state index in [1.165, 1.54) is 0 Å². The molecule has 2 N–H and O–H groups in total. The average Bonchev–Trinajstić information content (AvgIpc) is 3.51. The number of nitrogens with zero attached hydrogens (tertiary/aromatic N) is 2. The summed E-state index contributed by atoms with van der Waals surface area (Å²) in [6.07, 6.45) is 4.52. The van der Waals surface area contributed by atoms with Gasteiger partial charge in [0.05, 0.1) is 11.1 Å². The molecule has 0 radical (unpaired) electrons. The Hall–Kier alpha value is -2.63. The molecule has 2 amide bonds. The number of pyridine rings is 1. The highest BCUT2D eigenvalue weighted by atomic mass is 16.2. The highest BCUT2D eigenvalue weighted by Gasteiger charge is 2.26. The number of fused-ring (bicyclic) bond motifs is 1. The Morgan fingerprint density at radius 3 is 2.52 bits per heavy atom. The van der Waals surface area contributed by atoms with Gasteiger partial charge in [-0.05, 0) is 43.7 Å². The molecule has 2 heterocycles. The van der Waals surface area contributed by atoms with Crippen molar-refractivity contribution in [3.63, 3.8) is 0 Å². The monoisotopic (exact) mass is 394 g/mol. The zero-order valence-electron chi connectivity index (χ0n) is 17.3. The maximum Gasteiger partial charge on any atom is 0.252 e. The minimum Gasteiger partial charge on any atom is -0.367 e. The van der Waals surface area contributed by atoms with Gasteiger partial charge < -0.3 is 15.5 Å². The van der Waals surface area contributed by atoms with Gasteiger partial charge in [-0.25, -0.2) is 4.98 Å². The van der Waals surface area contributed by atoms with Crippen molar-refractivity contribution in [3.05, 3.63) is 35.9 Å². The molecule has 6 nitrogen and oxygen atoms in total. The third-order valence-corrected chi connectivity index (χ3v) is 5.66. The molecule has 0 unspecified atom stereocenters. The van der Waals surface area contributed by atoms with Gasteiger partial charge >= 0.3 is 0 Å². The van der Waals surface area contributed by atoms with Gasteiger partial charge in [0.1, 0.15) is 5.82 Å². The summed E-state index contributed by atoms with van der Waals surface area (Å²) in [5.41, 5.74) is 1.50. The summed E-state index contributed by atoms with van der Waals surface area (Å²) in [5.74, 6) is 1.35. The summed E-state index contributed by atoms with van der Waals surface area (Å²) in [7, 11) is 0. The number of piperidine rings is 1. The Balaban J connectivity index is 1.46. The van der Waals surface area contributed by atoms with Crippen molar-refractivity contribution >= 4 is 28.5 Å². The molecule has 0 spiro atoms. The third-order valence-electron chi connectivity index (χ3n) is 5.66. The molecule has 2 aromatic rings. The lowest BCUT2D eigenvalue weighted by Crippen LogP contribution is -2.42. The Bertz CT molecular complexity index is 899. The van der Waals surface area contributed by atoms with Crippen molar-refractivity contribution in [1.82, 2.24) is 15.2 Å². The van der Waals surface area contributed by atoms with Crippen molar-refractivity contribution in [2.45, 2.75) is 58.0 Å². The molecule has 2 aliphatic rings. The number of nitrogens with one attached hydrogen (secondary N) is 2. The zero-order chi connectivity index (χ0) is 20.4. The number of carbonyl (C=O) groups is 2. The largest absolute Gasteiger partial charge is 0.367 e. The second-order valence-corrected chi connectivity index (χ2v) is 8.72. The van der Waals surface area contributed by atoms with Crippen LogP contribution in [0.2, 0.25) is 0 Å². The highest BCUT2D eigenvalue weighted by Crippen LogP contribution is 2.25. The Kier molecular flexibility index (Phi) is 5.69. The summed E-state index contributed by atoms with van der Waals surface area (Å²) < 4.78 is 0. The molecule has 2 fully saturated rings. The average molecular weight is 395 g/mol. The number of carbonyl (C=O) groups excluding carboxylic acids is 2. The molecule has 1 saturated heterocycles. The molecular weight excluding hydrogens is 364 g/mol. The van der Waals surface area contributed by atoms with E-state index in [0.29, 0.717) is 23.9 Å². The van der Waals surface area contributed by atoms with Crippen LogP contribution < -0.4 is 10.6 Å². The molecule has 1 aromatic carbocycles. The van der Waals surface area contributed by atoms with Crippen LogP contribution in [0.5, 0.6) is 0 Å². The van der Waals surface area contributed by atoms with Crippen molar-refractivity contribution in [2.24, 2.45) is 5.92 Å². The fraction of sp³-hybridized carbons (Fsp3) is 0.522. The fourth-order valence-corrected chi connectivity index (χ4v) is 3.89. The van der Waals surface area contributed by atoms with E-state index in [-0.39, 0.29) is 17.9 Å². The van der Waals surface area contributed by atoms with Gasteiger partial charge in [0.15, 0.2) is 0 Å². The van der Waals surface area contributed by atoms with Gasteiger partial charge in [-0.1, -0.05) is 32.0 Å².